The van der Waals surface area contributed by atoms with Gasteiger partial charge in [-0.1, -0.05) is 90.5 Å². The number of ether oxygens (including phenoxy) is 3. The van der Waals surface area contributed by atoms with Crippen LogP contribution in [0.15, 0.2) is 51.2 Å². The highest BCUT2D eigenvalue weighted by molar-refractivity contribution is 8.81. The molecule has 6 heterocycles. The lowest BCUT2D eigenvalue weighted by Gasteiger charge is -2.40. The van der Waals surface area contributed by atoms with Gasteiger partial charge >= 0.3 is 29.0 Å². The average Bonchev–Trinajstić information content (AvgIpc) is 1.65. The van der Waals surface area contributed by atoms with Crippen molar-refractivity contribution in [3.05, 3.63) is 68.2 Å². The van der Waals surface area contributed by atoms with Gasteiger partial charge in [-0.3, -0.25) is 24.4 Å². The smallest absolute Gasteiger partial charge is 0.351 e. The number of nitrogens with zero attached hydrogens (tertiary/aromatic N) is 6. The first-order chi connectivity index (χ1) is 55.3. The van der Waals surface area contributed by atoms with Crippen molar-refractivity contribution in [2.45, 2.75) is 214 Å². The third kappa shape index (κ3) is 47.2. The van der Waals surface area contributed by atoms with Crippen molar-refractivity contribution in [3.8, 4) is 0 Å². The van der Waals surface area contributed by atoms with Crippen LogP contribution < -0.4 is 33.5 Å². The average molecular weight is 2410 g/mol. The highest BCUT2D eigenvalue weighted by Crippen LogP contribution is 2.45. The molecule has 0 saturated carbocycles. The first-order valence-corrected chi connectivity index (χ1v) is 88.6. The summed E-state index contributed by atoms with van der Waals surface area (Å²) in [6.45, 7) is 33.2. The number of hydrogen-bond acceptors (Lipinski definition) is 26. The number of nitrogens with one attached hydrogen (secondary N) is 3. The summed E-state index contributed by atoms with van der Waals surface area (Å²) < 4.78 is 34.9. The molecular weight excluding hydrogens is 2320 g/mol. The quantitative estimate of drug-likeness (QED) is 0.0610. The molecule has 3 unspecified atom stereocenters. The molecule has 0 aromatic carbocycles. The molecule has 25 nitrogen and oxygen atoms in total. The molecule has 0 radical (unpaired) electrons. The highest BCUT2D eigenvalue weighted by Gasteiger charge is 2.51. The Labute approximate surface area is 805 Å². The first kappa shape index (κ1) is 119. The molecule has 0 bridgehead atoms. The molecule has 6 rings (SSSR count). The molecule has 3 fully saturated rings. The van der Waals surface area contributed by atoms with Crippen LogP contribution in [0.1, 0.15) is 135 Å². The summed E-state index contributed by atoms with van der Waals surface area (Å²) in [5, 5.41) is 37.6. The summed E-state index contributed by atoms with van der Waals surface area (Å²) in [4.78, 5) is 80.1. The molecule has 3 saturated heterocycles. The second-order valence-corrected chi connectivity index (χ2v) is 97.7. The second-order valence-electron chi connectivity index (χ2n) is 24.5. The van der Waals surface area contributed by atoms with Gasteiger partial charge in [0.25, 0.3) is 0 Å². The van der Waals surface area contributed by atoms with Crippen molar-refractivity contribution in [3.63, 3.8) is 0 Å². The molecule has 0 spiro atoms. The van der Waals surface area contributed by atoms with Crippen molar-refractivity contribution < 1.29 is 62.9 Å². The van der Waals surface area contributed by atoms with Gasteiger partial charge in [-0.2, -0.15) is 15.0 Å². The van der Waals surface area contributed by atoms with Gasteiger partial charge in [-0.25, -0.2) is 34.9 Å². The van der Waals surface area contributed by atoms with Crippen LogP contribution in [0.2, 0.25) is 36.3 Å². The maximum Gasteiger partial charge on any atom is 0.351 e. The standard InChI is InChI=1S/C20H35N3O5Si.C17H31N3O4Si.C12H17N3O7.CH4.S38.S2/c1-9-14-13(3)17(28-29(7,8)20(4,5)6)18(26-14)23-12-11-15(21-19(23)25)22-27-16(24)10-2;1-8-12-11(2)14(24-25(6,7)17(3,4)5)15(23-12)20-10-9-13(19-22)18-16(20)21;1-2-8(17)22-14-7-3-4-15(12(20)13-7)11-10(19)9(18)6(5-16)21-11;;1-3-5-7-9-11-13-15-17-19-21-23-25-27-29-31-33-35-37-38-36-34-32-30-28-26-24-22-20-18-16-14-12-10-8-6-4-2;1-2/h11-14,17-18H,9-10H2,1-8H3,(H,21,22,25);9-12,14-15,22H,8H2,1-7H3,(H,18,19,21);3-4,6,9-11,16,18-19H,2,5H2,1H3,(H,13,14,20);1H4;;/t13?,14-,17+,18-;11?,12-,14+,15-;6-,9?,10+,11-;;;/m111.../s1. The molecule has 3 aliphatic rings. The molecule has 0 amide bonds. The van der Waals surface area contributed by atoms with Crippen LogP contribution in [0.4, 0.5) is 17.5 Å². The lowest BCUT2D eigenvalue weighted by atomic mass is 9.99. The first-order valence-electron chi connectivity index (χ1n) is 32.1. The van der Waals surface area contributed by atoms with E-state index in [2.05, 4.69) is 149 Å². The maximum atomic E-state index is 12.7. The fraction of sp³-hybridized carbons (Fsp3) is 0.720. The van der Waals surface area contributed by atoms with E-state index in [1.165, 1.54) is 45.2 Å². The van der Waals surface area contributed by atoms with Crippen molar-refractivity contribution in [2.24, 2.45) is 11.8 Å². The zero-order chi connectivity index (χ0) is 86.7. The molecule has 12 atom stereocenters. The SMILES string of the molecule is C.CCC(=O)ONc1ccn([C@@H]2O[C@H](CC)C(C)[C@@H]2O[Si](C)(C)C(C)(C)C)c(=O)n1.CCC(=O)ONc1ccn([C@@H]2O[C@H](CO)C(O)[C@@H]2O)c(=O)n1.CC[C@H]1O[C@@H](n2ccc(NO)nc2=O)[C@@H](O[Si](C)(C)C(C)(C)C)C1C.S=S.S=S=S=S=S=S=S=S=S=S=S=S=S=S=S=S=S=S=S=S=S=S=S=S=S=S=S=S=S=S=S=S=S=S=S=S=S=S. The predicted octanol–water partition coefficient (Wildman–Crippen LogP) is 5.91. The zero-order valence-corrected chi connectivity index (χ0v) is 97.8. The van der Waals surface area contributed by atoms with E-state index in [0.29, 0.717) is 0 Å². The summed E-state index contributed by atoms with van der Waals surface area (Å²) in [7, 11) is 59.6. The molecule has 3 aliphatic heterocycles. The summed E-state index contributed by atoms with van der Waals surface area (Å²) >= 11 is 16.9. The normalized spacial score (nSPS) is 19.8. The Balaban J connectivity index is 0.000000785. The van der Waals surface area contributed by atoms with Gasteiger partial charge in [0.15, 0.2) is 52.8 Å². The van der Waals surface area contributed by atoms with Crippen molar-refractivity contribution in [1.82, 2.24) is 28.7 Å². The Morgan fingerprint density at radius 1 is 0.453 bits per heavy atom. The summed E-state index contributed by atoms with van der Waals surface area (Å²) in [5.74, 6) is -0.336. The van der Waals surface area contributed by atoms with Gasteiger partial charge in [0.2, 0.25) is 0 Å². The number of aliphatic hydroxyl groups is 3. The van der Waals surface area contributed by atoms with Gasteiger partial charge in [0.1, 0.15) is 18.3 Å². The molecule has 0 aliphatic carbocycles. The van der Waals surface area contributed by atoms with Crippen LogP contribution in [0, 0.1) is 11.8 Å². The Morgan fingerprint density at radius 2 is 0.701 bits per heavy atom. The van der Waals surface area contributed by atoms with E-state index in [4.69, 9.17) is 60.6 Å². The minimum Gasteiger partial charge on any atom is -0.409 e. The van der Waals surface area contributed by atoms with E-state index in [-0.39, 0.29) is 84.1 Å². The van der Waals surface area contributed by atoms with E-state index in [9.17, 15) is 34.2 Å². The molecule has 67 heteroatoms. The summed E-state index contributed by atoms with van der Waals surface area (Å²) in [6.07, 6.45) is 0.207. The maximum absolute atomic E-state index is 12.7. The monoisotopic (exact) mass is 2400 g/mol. The summed E-state index contributed by atoms with van der Waals surface area (Å²) in [6, 6.07) is 4.46. The summed E-state index contributed by atoms with van der Waals surface area (Å²) in [5.41, 5.74) is 4.79. The van der Waals surface area contributed by atoms with Gasteiger partial charge < -0.3 is 48.1 Å². The predicted molar refractivity (Wildman–Crippen MR) is 586 cm³/mol. The molecule has 3 aromatic heterocycles. The van der Waals surface area contributed by atoms with Crippen LogP contribution in [-0.4, -0.2) is 127 Å². The van der Waals surface area contributed by atoms with Crippen molar-refractivity contribution >= 4 is 410 Å². The third-order valence-electron chi connectivity index (χ3n) is 15.7. The number of anilines is 3. The number of aromatic nitrogens is 6. The number of carbonyl (C=O) groups excluding carboxylic acids is 2. The van der Waals surface area contributed by atoms with Gasteiger partial charge in [0, 0.05) is 420 Å². The third-order valence-corrected chi connectivity index (χ3v) is 102. The molecule has 7 N–H and O–H groups in total. The Bertz CT molecular complexity index is 5650. The second kappa shape index (κ2) is 68.8. The number of carbonyl (C=O) groups is 2. The van der Waals surface area contributed by atoms with Gasteiger partial charge in [-0.05, 0) is 55.2 Å². The topological polar surface area (TPSA) is 320 Å². The molecule has 3 aromatic rings. The van der Waals surface area contributed by atoms with E-state index in [0.717, 1.165) is 17.4 Å². The Hall–Kier alpha value is 3.85. The van der Waals surface area contributed by atoms with Crippen LogP contribution in [0.5, 0.6) is 0 Å². The van der Waals surface area contributed by atoms with Crippen molar-refractivity contribution in [2.75, 3.05) is 23.0 Å². The van der Waals surface area contributed by atoms with Crippen LogP contribution in [-0.2, 0) is 407 Å². The fourth-order valence-electron chi connectivity index (χ4n) is 8.31. The highest BCUT2D eigenvalue weighted by atomic mass is 33.5. The largest absolute Gasteiger partial charge is 0.409 e. The minimum absolute atomic E-state index is 0. The molecule has 117 heavy (non-hydrogen) atoms. The van der Waals surface area contributed by atoms with E-state index >= 15 is 0 Å². The Kier molecular flexibility index (Phi) is 69.9. The van der Waals surface area contributed by atoms with Crippen LogP contribution in [0.3, 0.4) is 0 Å². The van der Waals surface area contributed by atoms with E-state index < -0.39 is 89.2 Å². The lowest BCUT2D eigenvalue weighted by molar-refractivity contribution is -0.141. The number of hydrogen-bond donors (Lipinski definition) is 7. The fourth-order valence-corrected chi connectivity index (χ4v) is 104. The number of aliphatic hydroxyl groups excluding tert-OH is 3. The van der Waals surface area contributed by atoms with E-state index in [1.807, 2.05) is 201 Å². The van der Waals surface area contributed by atoms with Crippen LogP contribution >= 0.6 is 0 Å². The number of rotatable bonds is 17. The Morgan fingerprint density at radius 3 is 0.923 bits per heavy atom. The molecule has 676 valence electrons. The van der Waals surface area contributed by atoms with Crippen LogP contribution in [0.25, 0.3) is 0 Å². The zero-order valence-electron chi connectivity index (χ0n) is 63.1. The van der Waals surface area contributed by atoms with E-state index in [1.54, 1.807) is 139 Å². The van der Waals surface area contributed by atoms with Crippen molar-refractivity contribution in [1.29, 1.82) is 0 Å². The lowest BCUT2D eigenvalue weighted by Crippen LogP contribution is -2.47. The van der Waals surface area contributed by atoms with Gasteiger partial charge in [0.05, 0.1) is 31.0 Å². The minimum atomic E-state index is -2.07. The van der Waals surface area contributed by atoms with Gasteiger partial charge in [-0.15, -0.1) is 0 Å². The molecular formula is C50H87N9O16S40Si2.